The summed E-state index contributed by atoms with van der Waals surface area (Å²) in [6, 6.07) is 23.6. The standard InChI is InChI=1S/C30H35FN4O2/c1-22-7-9-24(10-8-22)20-34(18-15-23-5-3-2-4-6-23)27-19-28(29(36)33-17-16-32)35(21-27)30(37)25-11-13-26(31)14-12-25/h2-14,27-28H,15-21,32H2,1H3,(H,33,36). The number of aryl methyl sites for hydroxylation is 1. The van der Waals surface area contributed by atoms with E-state index in [1.807, 2.05) is 18.2 Å². The van der Waals surface area contributed by atoms with Crippen LogP contribution in [0.2, 0.25) is 0 Å². The Balaban J connectivity index is 1.58. The SMILES string of the molecule is Cc1ccc(CN(CCc2ccccc2)C2CC(C(=O)NCCN)N(C(=O)c3ccc(F)cc3)C2)cc1. The Bertz CT molecular complexity index is 1170. The van der Waals surface area contributed by atoms with Crippen LogP contribution in [0.25, 0.3) is 0 Å². The van der Waals surface area contributed by atoms with Gasteiger partial charge in [-0.05, 0) is 55.2 Å². The molecule has 4 rings (SSSR count). The summed E-state index contributed by atoms with van der Waals surface area (Å²) in [5, 5.41) is 2.86. The van der Waals surface area contributed by atoms with Crippen LogP contribution < -0.4 is 11.1 Å². The van der Waals surface area contributed by atoms with Crippen LogP contribution in [0.15, 0.2) is 78.9 Å². The largest absolute Gasteiger partial charge is 0.353 e. The fraction of sp³-hybridized carbons (Fsp3) is 0.333. The summed E-state index contributed by atoms with van der Waals surface area (Å²) in [5.41, 5.74) is 9.60. The van der Waals surface area contributed by atoms with E-state index in [0.29, 0.717) is 38.2 Å². The number of likely N-dealkylation sites (tertiary alicyclic amines) is 1. The van der Waals surface area contributed by atoms with Gasteiger partial charge >= 0.3 is 0 Å². The second-order valence-corrected chi connectivity index (χ2v) is 9.64. The van der Waals surface area contributed by atoms with Gasteiger partial charge in [-0.25, -0.2) is 4.39 Å². The summed E-state index contributed by atoms with van der Waals surface area (Å²) < 4.78 is 13.5. The number of amides is 2. The van der Waals surface area contributed by atoms with Gasteiger partial charge in [-0.3, -0.25) is 14.5 Å². The minimum Gasteiger partial charge on any atom is -0.353 e. The van der Waals surface area contributed by atoms with Crippen molar-refractivity contribution < 1.29 is 14.0 Å². The molecule has 0 saturated carbocycles. The summed E-state index contributed by atoms with van der Waals surface area (Å²) in [6.45, 7) is 4.66. The number of carbonyl (C=O) groups excluding carboxylic acids is 2. The third kappa shape index (κ3) is 7.02. The Kier molecular flexibility index (Phi) is 9.04. The van der Waals surface area contributed by atoms with E-state index in [9.17, 15) is 14.0 Å². The molecule has 6 nitrogen and oxygen atoms in total. The van der Waals surface area contributed by atoms with E-state index in [0.717, 1.165) is 13.0 Å². The van der Waals surface area contributed by atoms with Gasteiger partial charge in [0.05, 0.1) is 0 Å². The molecule has 0 aliphatic carbocycles. The quantitative estimate of drug-likeness (QED) is 0.445. The molecular weight excluding hydrogens is 467 g/mol. The number of carbonyl (C=O) groups is 2. The minimum atomic E-state index is -0.619. The average molecular weight is 503 g/mol. The van der Waals surface area contributed by atoms with Crippen LogP contribution in [-0.4, -0.2) is 59.9 Å². The lowest BCUT2D eigenvalue weighted by Crippen LogP contribution is -2.47. The number of hydrogen-bond donors (Lipinski definition) is 2. The number of halogens is 1. The van der Waals surface area contributed by atoms with Crippen LogP contribution in [-0.2, 0) is 17.8 Å². The monoisotopic (exact) mass is 502 g/mol. The number of nitrogens with zero attached hydrogens (tertiary/aromatic N) is 2. The summed E-state index contributed by atoms with van der Waals surface area (Å²) in [5.74, 6) is -0.881. The Morgan fingerprint density at radius 3 is 2.38 bits per heavy atom. The fourth-order valence-corrected chi connectivity index (χ4v) is 4.86. The Morgan fingerprint density at radius 2 is 1.70 bits per heavy atom. The number of rotatable bonds is 10. The molecule has 1 heterocycles. The van der Waals surface area contributed by atoms with Gasteiger partial charge in [0.1, 0.15) is 11.9 Å². The van der Waals surface area contributed by atoms with Gasteiger partial charge in [-0.15, -0.1) is 0 Å². The summed E-state index contributed by atoms with van der Waals surface area (Å²) in [7, 11) is 0. The molecule has 1 saturated heterocycles. The van der Waals surface area contributed by atoms with Crippen molar-refractivity contribution in [2.75, 3.05) is 26.2 Å². The molecule has 2 unspecified atom stereocenters. The highest BCUT2D eigenvalue weighted by Gasteiger charge is 2.41. The molecule has 1 aliphatic heterocycles. The van der Waals surface area contributed by atoms with Gasteiger partial charge in [-0.2, -0.15) is 0 Å². The number of nitrogens with one attached hydrogen (secondary N) is 1. The van der Waals surface area contributed by atoms with Crippen LogP contribution in [0.4, 0.5) is 4.39 Å². The van der Waals surface area contributed by atoms with E-state index in [4.69, 9.17) is 5.73 Å². The molecule has 1 aliphatic rings. The zero-order valence-corrected chi connectivity index (χ0v) is 21.3. The Hall–Kier alpha value is -3.55. The Labute approximate surface area is 218 Å². The van der Waals surface area contributed by atoms with Gasteiger partial charge in [-0.1, -0.05) is 60.2 Å². The first-order valence-corrected chi connectivity index (χ1v) is 12.8. The number of hydrogen-bond acceptors (Lipinski definition) is 4. The average Bonchev–Trinajstić information content (AvgIpc) is 3.37. The molecule has 0 bridgehead atoms. The molecule has 194 valence electrons. The van der Waals surface area contributed by atoms with Crippen LogP contribution in [0.1, 0.15) is 33.5 Å². The molecule has 0 radical (unpaired) electrons. The molecule has 1 fully saturated rings. The van der Waals surface area contributed by atoms with Crippen LogP contribution in [0.3, 0.4) is 0 Å². The van der Waals surface area contributed by atoms with Crippen LogP contribution >= 0.6 is 0 Å². The summed E-state index contributed by atoms with van der Waals surface area (Å²) >= 11 is 0. The molecule has 2 amide bonds. The maximum Gasteiger partial charge on any atom is 0.254 e. The van der Waals surface area contributed by atoms with Gasteiger partial charge < -0.3 is 16.0 Å². The third-order valence-corrected chi connectivity index (χ3v) is 6.93. The number of benzene rings is 3. The minimum absolute atomic E-state index is 0.0111. The van der Waals surface area contributed by atoms with Crippen molar-refractivity contribution in [1.29, 1.82) is 0 Å². The molecule has 0 aromatic heterocycles. The van der Waals surface area contributed by atoms with Gasteiger partial charge in [0.15, 0.2) is 0 Å². The van der Waals surface area contributed by atoms with E-state index in [1.54, 1.807) is 4.90 Å². The molecule has 2 atom stereocenters. The second-order valence-electron chi connectivity index (χ2n) is 9.64. The zero-order chi connectivity index (χ0) is 26.2. The molecule has 3 N–H and O–H groups in total. The smallest absolute Gasteiger partial charge is 0.254 e. The zero-order valence-electron chi connectivity index (χ0n) is 21.3. The van der Waals surface area contributed by atoms with Crippen molar-refractivity contribution in [2.45, 2.75) is 38.4 Å². The predicted octanol–water partition coefficient (Wildman–Crippen LogP) is 3.54. The molecule has 7 heteroatoms. The maximum absolute atomic E-state index is 13.5. The highest BCUT2D eigenvalue weighted by Crippen LogP contribution is 2.27. The first-order chi connectivity index (χ1) is 17.9. The molecule has 3 aromatic carbocycles. The maximum atomic E-state index is 13.5. The van der Waals surface area contributed by atoms with Crippen molar-refractivity contribution in [2.24, 2.45) is 5.73 Å². The van der Waals surface area contributed by atoms with Crippen molar-refractivity contribution in [3.05, 3.63) is 107 Å². The van der Waals surface area contributed by atoms with Crippen LogP contribution in [0.5, 0.6) is 0 Å². The van der Waals surface area contributed by atoms with E-state index < -0.39 is 11.9 Å². The van der Waals surface area contributed by atoms with Crippen LogP contribution in [0, 0.1) is 12.7 Å². The highest BCUT2D eigenvalue weighted by molar-refractivity contribution is 5.98. The lowest BCUT2D eigenvalue weighted by Gasteiger charge is -2.29. The topological polar surface area (TPSA) is 78.7 Å². The third-order valence-electron chi connectivity index (χ3n) is 6.93. The summed E-state index contributed by atoms with van der Waals surface area (Å²) in [6.07, 6.45) is 1.38. The first-order valence-electron chi connectivity index (χ1n) is 12.8. The lowest BCUT2D eigenvalue weighted by atomic mass is 10.1. The molecular formula is C30H35FN4O2. The van der Waals surface area contributed by atoms with Gasteiger partial charge in [0.25, 0.3) is 5.91 Å². The highest BCUT2D eigenvalue weighted by atomic mass is 19.1. The number of nitrogens with two attached hydrogens (primary N) is 1. The second kappa shape index (κ2) is 12.6. The fourth-order valence-electron chi connectivity index (χ4n) is 4.86. The molecule has 3 aromatic rings. The van der Waals surface area contributed by atoms with Crippen molar-refractivity contribution in [3.63, 3.8) is 0 Å². The molecule has 0 spiro atoms. The van der Waals surface area contributed by atoms with Crippen molar-refractivity contribution >= 4 is 11.8 Å². The Morgan fingerprint density at radius 1 is 1.00 bits per heavy atom. The van der Waals surface area contributed by atoms with E-state index in [-0.39, 0.29) is 17.9 Å². The van der Waals surface area contributed by atoms with Crippen molar-refractivity contribution in [3.8, 4) is 0 Å². The predicted molar refractivity (Wildman–Crippen MR) is 143 cm³/mol. The summed E-state index contributed by atoms with van der Waals surface area (Å²) in [4.78, 5) is 30.6. The van der Waals surface area contributed by atoms with Gasteiger partial charge in [0.2, 0.25) is 5.91 Å². The molecule has 37 heavy (non-hydrogen) atoms. The lowest BCUT2D eigenvalue weighted by molar-refractivity contribution is -0.124. The van der Waals surface area contributed by atoms with E-state index in [2.05, 4.69) is 53.5 Å². The van der Waals surface area contributed by atoms with Gasteiger partial charge in [0, 0.05) is 44.3 Å². The van der Waals surface area contributed by atoms with Crippen molar-refractivity contribution in [1.82, 2.24) is 15.1 Å². The van der Waals surface area contributed by atoms with E-state index in [1.165, 1.54) is 41.0 Å². The van der Waals surface area contributed by atoms with E-state index >= 15 is 0 Å². The normalized spacial score (nSPS) is 17.2. The first kappa shape index (κ1) is 26.5.